The van der Waals surface area contributed by atoms with Gasteiger partial charge < -0.3 is 14.8 Å². The fraction of sp³-hybridized carbons (Fsp3) is 0.438. The van der Waals surface area contributed by atoms with Gasteiger partial charge in [0.1, 0.15) is 0 Å². The highest BCUT2D eigenvalue weighted by Gasteiger charge is 2.10. The molecule has 0 radical (unpaired) electrons. The Balaban J connectivity index is 1.92. The van der Waals surface area contributed by atoms with Crippen molar-refractivity contribution in [1.82, 2.24) is 15.1 Å². The fourth-order valence-electron chi connectivity index (χ4n) is 2.25. The number of ether oxygens (including phenoxy) is 2. The summed E-state index contributed by atoms with van der Waals surface area (Å²) in [6, 6.07) is 8.29. The molecular weight excluding hydrogens is 266 g/mol. The van der Waals surface area contributed by atoms with E-state index in [-0.39, 0.29) is 6.04 Å². The van der Waals surface area contributed by atoms with E-state index in [0.717, 1.165) is 30.2 Å². The van der Waals surface area contributed by atoms with Gasteiger partial charge >= 0.3 is 0 Å². The molecule has 21 heavy (non-hydrogen) atoms. The molecule has 1 unspecified atom stereocenters. The Labute approximate surface area is 125 Å². The third-order valence-corrected chi connectivity index (χ3v) is 3.51. The Hall–Kier alpha value is -2.01. The summed E-state index contributed by atoms with van der Waals surface area (Å²) in [7, 11) is 5.23. The second kappa shape index (κ2) is 7.13. The summed E-state index contributed by atoms with van der Waals surface area (Å²) in [5, 5.41) is 7.87. The van der Waals surface area contributed by atoms with Crippen molar-refractivity contribution < 1.29 is 9.47 Å². The Kier molecular flexibility index (Phi) is 5.22. The minimum Gasteiger partial charge on any atom is -0.493 e. The number of methoxy groups -OCH3 is 2. The van der Waals surface area contributed by atoms with E-state index in [0.29, 0.717) is 0 Å². The average molecular weight is 289 g/mol. The van der Waals surface area contributed by atoms with Gasteiger partial charge in [0, 0.05) is 32.3 Å². The van der Waals surface area contributed by atoms with Gasteiger partial charge in [-0.25, -0.2) is 0 Å². The van der Waals surface area contributed by atoms with Gasteiger partial charge in [-0.2, -0.15) is 5.10 Å². The number of nitrogens with one attached hydrogen (secondary N) is 1. The van der Waals surface area contributed by atoms with Gasteiger partial charge in [0.25, 0.3) is 0 Å². The molecule has 2 rings (SSSR count). The topological polar surface area (TPSA) is 48.3 Å². The van der Waals surface area contributed by atoms with Crippen molar-refractivity contribution in [3.63, 3.8) is 0 Å². The third kappa shape index (κ3) is 3.98. The number of aryl methyl sites for hydroxylation is 1. The zero-order valence-electron chi connectivity index (χ0n) is 13.1. The van der Waals surface area contributed by atoms with E-state index in [1.807, 2.05) is 36.1 Å². The summed E-state index contributed by atoms with van der Waals surface area (Å²) >= 11 is 0. The molecule has 1 atom stereocenters. The number of rotatable bonds is 7. The van der Waals surface area contributed by atoms with Gasteiger partial charge in [-0.15, -0.1) is 0 Å². The van der Waals surface area contributed by atoms with E-state index in [1.54, 1.807) is 14.2 Å². The molecule has 0 amide bonds. The molecule has 0 aliphatic carbocycles. The molecule has 0 bridgehead atoms. The maximum atomic E-state index is 5.34. The molecule has 0 spiro atoms. The lowest BCUT2D eigenvalue weighted by atomic mass is 10.1. The molecule has 0 fully saturated rings. The highest BCUT2D eigenvalue weighted by molar-refractivity contribution is 5.43. The molecule has 5 nitrogen and oxygen atoms in total. The number of benzene rings is 1. The first kappa shape index (κ1) is 15.4. The second-order valence-corrected chi connectivity index (χ2v) is 5.02. The van der Waals surface area contributed by atoms with Crippen molar-refractivity contribution in [2.75, 3.05) is 20.8 Å². The average Bonchev–Trinajstić information content (AvgIpc) is 2.91. The number of hydrogen-bond acceptors (Lipinski definition) is 4. The summed E-state index contributed by atoms with van der Waals surface area (Å²) in [5.41, 5.74) is 2.28. The van der Waals surface area contributed by atoms with Crippen LogP contribution in [0.4, 0.5) is 0 Å². The third-order valence-electron chi connectivity index (χ3n) is 3.51. The quantitative estimate of drug-likeness (QED) is 0.850. The van der Waals surface area contributed by atoms with Crippen LogP contribution in [0.1, 0.15) is 24.2 Å². The summed E-state index contributed by atoms with van der Waals surface area (Å²) in [5.74, 6) is 1.51. The van der Waals surface area contributed by atoms with Crippen LogP contribution in [0.5, 0.6) is 11.5 Å². The monoisotopic (exact) mass is 289 g/mol. The SMILES string of the molecule is COc1ccc(C(C)NCCc2ccn(C)n2)cc1OC. The largest absolute Gasteiger partial charge is 0.493 e. The number of hydrogen-bond donors (Lipinski definition) is 1. The van der Waals surface area contributed by atoms with Crippen LogP contribution in [-0.2, 0) is 13.5 Å². The molecule has 2 aromatic rings. The zero-order chi connectivity index (χ0) is 15.2. The highest BCUT2D eigenvalue weighted by atomic mass is 16.5. The molecule has 0 saturated heterocycles. The van der Waals surface area contributed by atoms with Crippen LogP contribution in [0.25, 0.3) is 0 Å². The first-order chi connectivity index (χ1) is 10.1. The molecule has 1 aromatic heterocycles. The van der Waals surface area contributed by atoms with Crippen molar-refractivity contribution in [2.24, 2.45) is 7.05 Å². The minimum atomic E-state index is 0.244. The van der Waals surface area contributed by atoms with Crippen LogP contribution in [0.2, 0.25) is 0 Å². The van der Waals surface area contributed by atoms with E-state index in [9.17, 15) is 0 Å². The molecular formula is C16H23N3O2. The van der Waals surface area contributed by atoms with E-state index in [4.69, 9.17) is 9.47 Å². The molecule has 0 aliphatic rings. The maximum Gasteiger partial charge on any atom is 0.161 e. The predicted molar refractivity (Wildman–Crippen MR) is 82.9 cm³/mol. The van der Waals surface area contributed by atoms with Gasteiger partial charge in [-0.1, -0.05) is 6.07 Å². The van der Waals surface area contributed by atoms with Crippen LogP contribution < -0.4 is 14.8 Å². The van der Waals surface area contributed by atoms with Crippen LogP contribution in [0, 0.1) is 0 Å². The Morgan fingerprint density at radius 2 is 1.95 bits per heavy atom. The lowest BCUT2D eigenvalue weighted by molar-refractivity contribution is 0.354. The number of aromatic nitrogens is 2. The second-order valence-electron chi connectivity index (χ2n) is 5.02. The van der Waals surface area contributed by atoms with Gasteiger partial charge in [0.2, 0.25) is 0 Å². The van der Waals surface area contributed by atoms with E-state index < -0.39 is 0 Å². The molecule has 1 heterocycles. The van der Waals surface area contributed by atoms with Gasteiger partial charge in [0.15, 0.2) is 11.5 Å². The van der Waals surface area contributed by atoms with Crippen LogP contribution >= 0.6 is 0 Å². The minimum absolute atomic E-state index is 0.244. The Bertz CT molecular complexity index is 581. The first-order valence-corrected chi connectivity index (χ1v) is 7.08. The van der Waals surface area contributed by atoms with Crippen LogP contribution in [-0.4, -0.2) is 30.5 Å². The summed E-state index contributed by atoms with van der Waals surface area (Å²) in [4.78, 5) is 0. The molecule has 1 aromatic carbocycles. The summed E-state index contributed by atoms with van der Waals surface area (Å²) in [6.45, 7) is 3.02. The Morgan fingerprint density at radius 3 is 2.57 bits per heavy atom. The van der Waals surface area contributed by atoms with Crippen molar-refractivity contribution in [3.05, 3.63) is 41.7 Å². The fourth-order valence-corrected chi connectivity index (χ4v) is 2.25. The van der Waals surface area contributed by atoms with Crippen molar-refractivity contribution >= 4 is 0 Å². The van der Waals surface area contributed by atoms with Gasteiger partial charge in [-0.3, -0.25) is 4.68 Å². The summed E-state index contributed by atoms with van der Waals surface area (Å²) < 4.78 is 12.4. The molecule has 114 valence electrons. The Morgan fingerprint density at radius 1 is 1.19 bits per heavy atom. The maximum absolute atomic E-state index is 5.34. The van der Waals surface area contributed by atoms with E-state index in [2.05, 4.69) is 23.4 Å². The van der Waals surface area contributed by atoms with Crippen molar-refractivity contribution in [3.8, 4) is 11.5 Å². The first-order valence-electron chi connectivity index (χ1n) is 7.08. The molecule has 5 heteroatoms. The van der Waals surface area contributed by atoms with E-state index >= 15 is 0 Å². The van der Waals surface area contributed by atoms with Crippen molar-refractivity contribution in [1.29, 1.82) is 0 Å². The smallest absolute Gasteiger partial charge is 0.161 e. The predicted octanol–water partition coefficient (Wildman–Crippen LogP) is 2.33. The van der Waals surface area contributed by atoms with Gasteiger partial charge in [-0.05, 0) is 30.7 Å². The molecule has 0 aliphatic heterocycles. The van der Waals surface area contributed by atoms with E-state index in [1.165, 1.54) is 5.56 Å². The summed E-state index contributed by atoms with van der Waals surface area (Å²) in [6.07, 6.45) is 2.88. The molecule has 0 saturated carbocycles. The van der Waals surface area contributed by atoms with Crippen LogP contribution in [0.3, 0.4) is 0 Å². The normalized spacial score (nSPS) is 12.2. The highest BCUT2D eigenvalue weighted by Crippen LogP contribution is 2.29. The number of nitrogens with zero attached hydrogens (tertiary/aromatic N) is 2. The lowest BCUT2D eigenvalue weighted by Crippen LogP contribution is -2.21. The van der Waals surface area contributed by atoms with Crippen molar-refractivity contribution in [2.45, 2.75) is 19.4 Å². The van der Waals surface area contributed by atoms with Gasteiger partial charge in [0.05, 0.1) is 19.9 Å². The molecule has 1 N–H and O–H groups in total. The zero-order valence-corrected chi connectivity index (χ0v) is 13.1. The standard InChI is InChI=1S/C16H23N3O2/c1-12(17-9-7-14-8-10-19(2)18-14)13-5-6-15(20-3)16(11-13)21-4/h5-6,8,10-12,17H,7,9H2,1-4H3. The van der Waals surface area contributed by atoms with Crippen LogP contribution in [0.15, 0.2) is 30.5 Å². The lowest BCUT2D eigenvalue weighted by Gasteiger charge is -2.16.